The van der Waals surface area contributed by atoms with Gasteiger partial charge in [0.15, 0.2) is 6.61 Å². The molecule has 3 heterocycles. The van der Waals surface area contributed by atoms with Crippen LogP contribution in [-0.2, 0) is 4.79 Å². The molecule has 3 aromatic carbocycles. The lowest BCUT2D eigenvalue weighted by Gasteiger charge is -2.18. The number of rotatable bonds is 4. The van der Waals surface area contributed by atoms with E-state index in [4.69, 9.17) is 14.8 Å². The summed E-state index contributed by atoms with van der Waals surface area (Å²) in [6, 6.07) is 21.9. The van der Waals surface area contributed by atoms with Gasteiger partial charge in [-0.3, -0.25) is 4.79 Å². The van der Waals surface area contributed by atoms with E-state index in [9.17, 15) is 4.79 Å². The molecule has 8 heteroatoms. The van der Waals surface area contributed by atoms with Crippen LogP contribution < -0.4 is 14.9 Å². The number of para-hydroxylation sites is 1. The summed E-state index contributed by atoms with van der Waals surface area (Å²) in [5.41, 5.74) is 6.45. The summed E-state index contributed by atoms with van der Waals surface area (Å²) in [5, 5.41) is 10.9. The first-order valence-corrected chi connectivity index (χ1v) is 12.0. The van der Waals surface area contributed by atoms with Crippen LogP contribution in [0.25, 0.3) is 22.2 Å². The molecule has 0 fully saturated rings. The first-order valence-electron chi connectivity index (χ1n) is 11.1. The minimum absolute atomic E-state index is 0.0270. The Morgan fingerprint density at radius 3 is 2.91 bits per heavy atom. The molecule has 0 aliphatic carbocycles. The number of anilines is 1. The van der Waals surface area contributed by atoms with Gasteiger partial charge in [0.05, 0.1) is 23.3 Å². The molecule has 6 rings (SSSR count). The molecule has 1 aliphatic heterocycles. The highest BCUT2D eigenvalue weighted by Crippen LogP contribution is 2.33. The van der Waals surface area contributed by atoms with Gasteiger partial charge in [0.25, 0.3) is 5.91 Å². The van der Waals surface area contributed by atoms with Gasteiger partial charge >= 0.3 is 0 Å². The Hall–Kier alpha value is -4.43. The second kappa shape index (κ2) is 8.73. The third-order valence-corrected chi connectivity index (χ3v) is 6.57. The lowest BCUT2D eigenvalue weighted by molar-refractivity contribution is -0.118. The molecule has 172 valence electrons. The maximum atomic E-state index is 11.8. The fourth-order valence-corrected chi connectivity index (χ4v) is 4.91. The summed E-state index contributed by atoms with van der Waals surface area (Å²) in [4.78, 5) is 20.7. The van der Waals surface area contributed by atoms with E-state index >= 15 is 0 Å². The van der Waals surface area contributed by atoms with Gasteiger partial charge in [0.1, 0.15) is 5.75 Å². The fourth-order valence-electron chi connectivity index (χ4n) is 4.06. The molecule has 0 spiro atoms. The van der Waals surface area contributed by atoms with Crippen LogP contribution in [0.4, 0.5) is 11.4 Å². The number of benzene rings is 3. The van der Waals surface area contributed by atoms with Gasteiger partial charge in [0.2, 0.25) is 4.80 Å². The summed E-state index contributed by atoms with van der Waals surface area (Å²) >= 11 is 1.51. The Morgan fingerprint density at radius 1 is 1.09 bits per heavy atom. The SMILES string of the molecule is Cc1cccc(N=c2scc(-c3ccc4c(c3)NC(=O)CO4)n2N=Cc2c[nH]c3ccccc23)c1. The maximum Gasteiger partial charge on any atom is 0.262 e. The first-order chi connectivity index (χ1) is 17.1. The topological polar surface area (TPSA) is 83.8 Å². The van der Waals surface area contributed by atoms with Crippen LogP contribution in [0.2, 0.25) is 0 Å². The first kappa shape index (κ1) is 21.1. The number of hydrogen-bond acceptors (Lipinski definition) is 5. The van der Waals surface area contributed by atoms with E-state index < -0.39 is 0 Å². The summed E-state index contributed by atoms with van der Waals surface area (Å²) in [6.07, 6.45) is 3.79. The molecular formula is C27H21N5O2S. The number of carbonyl (C=O) groups is 1. The molecular weight excluding hydrogens is 458 g/mol. The Labute approximate surface area is 205 Å². The van der Waals surface area contributed by atoms with Crippen LogP contribution in [0.15, 0.2) is 88.4 Å². The number of fused-ring (bicyclic) bond motifs is 2. The van der Waals surface area contributed by atoms with E-state index in [1.165, 1.54) is 11.3 Å². The number of aromatic nitrogens is 2. The van der Waals surface area contributed by atoms with Crippen LogP contribution in [0.5, 0.6) is 5.75 Å². The lowest BCUT2D eigenvalue weighted by atomic mass is 10.1. The summed E-state index contributed by atoms with van der Waals surface area (Å²) in [7, 11) is 0. The van der Waals surface area contributed by atoms with Crippen LogP contribution in [0.3, 0.4) is 0 Å². The Kier molecular flexibility index (Phi) is 5.27. The van der Waals surface area contributed by atoms with Crippen molar-refractivity contribution in [3.05, 3.63) is 94.2 Å². The zero-order valence-electron chi connectivity index (χ0n) is 18.9. The average molecular weight is 480 g/mol. The molecule has 7 nitrogen and oxygen atoms in total. The molecule has 0 bridgehead atoms. The number of nitrogens with one attached hydrogen (secondary N) is 2. The van der Waals surface area contributed by atoms with E-state index in [1.54, 1.807) is 0 Å². The second-order valence-corrected chi connectivity index (χ2v) is 9.08. The lowest BCUT2D eigenvalue weighted by Crippen LogP contribution is -2.25. The van der Waals surface area contributed by atoms with Gasteiger partial charge in [-0.1, -0.05) is 30.3 Å². The fraction of sp³-hybridized carbons (Fsp3) is 0.0741. The molecule has 0 saturated heterocycles. The van der Waals surface area contributed by atoms with E-state index in [2.05, 4.69) is 16.4 Å². The molecule has 1 aliphatic rings. The van der Waals surface area contributed by atoms with Crippen molar-refractivity contribution < 1.29 is 9.53 Å². The summed E-state index contributed by atoms with van der Waals surface area (Å²) in [5.74, 6) is 0.488. The van der Waals surface area contributed by atoms with Gasteiger partial charge in [-0.2, -0.15) is 5.10 Å². The zero-order valence-corrected chi connectivity index (χ0v) is 19.7. The second-order valence-electron chi connectivity index (χ2n) is 8.25. The molecule has 2 N–H and O–H groups in total. The van der Waals surface area contributed by atoms with Gasteiger partial charge < -0.3 is 15.0 Å². The number of hydrogen-bond donors (Lipinski definition) is 2. The standard InChI is InChI=1S/C27H21N5O2S/c1-17-5-4-6-20(11-17)30-27-32(29-14-19-13-28-22-8-3-2-7-21(19)22)24(16-35-27)18-9-10-25-23(12-18)31-26(33)15-34-25/h2-14,16,28H,15H2,1H3,(H,31,33). The molecule has 2 aromatic heterocycles. The third kappa shape index (κ3) is 4.15. The van der Waals surface area contributed by atoms with Crippen LogP contribution in [-0.4, -0.2) is 28.4 Å². The van der Waals surface area contributed by atoms with Crippen molar-refractivity contribution in [1.29, 1.82) is 0 Å². The van der Waals surface area contributed by atoms with Crippen molar-refractivity contribution >= 4 is 45.7 Å². The normalized spacial score (nSPS) is 13.7. The quantitative estimate of drug-likeness (QED) is 0.336. The molecule has 5 aromatic rings. The molecule has 0 radical (unpaired) electrons. The average Bonchev–Trinajstić information content (AvgIpc) is 3.46. The summed E-state index contributed by atoms with van der Waals surface area (Å²) < 4.78 is 7.36. The van der Waals surface area contributed by atoms with Gasteiger partial charge in [-0.25, -0.2) is 9.67 Å². The Balaban J connectivity index is 1.49. The number of aromatic amines is 1. The number of thiazole rings is 1. The highest BCUT2D eigenvalue weighted by Gasteiger charge is 2.18. The van der Waals surface area contributed by atoms with Crippen LogP contribution >= 0.6 is 11.3 Å². The predicted octanol–water partition coefficient (Wildman–Crippen LogP) is 5.45. The van der Waals surface area contributed by atoms with Crippen molar-refractivity contribution in [3.8, 4) is 17.0 Å². The van der Waals surface area contributed by atoms with Crippen molar-refractivity contribution in [2.24, 2.45) is 10.1 Å². The maximum absolute atomic E-state index is 11.8. The Morgan fingerprint density at radius 2 is 2.00 bits per heavy atom. The van der Waals surface area contributed by atoms with Crippen molar-refractivity contribution in [2.75, 3.05) is 11.9 Å². The minimum Gasteiger partial charge on any atom is -0.482 e. The largest absolute Gasteiger partial charge is 0.482 e. The van der Waals surface area contributed by atoms with Gasteiger partial charge in [0, 0.05) is 33.6 Å². The number of aryl methyl sites for hydroxylation is 1. The van der Waals surface area contributed by atoms with Gasteiger partial charge in [-0.05, 0) is 48.9 Å². The van der Waals surface area contributed by atoms with Gasteiger partial charge in [-0.15, -0.1) is 11.3 Å². The van der Waals surface area contributed by atoms with E-state index in [1.807, 2.05) is 90.1 Å². The van der Waals surface area contributed by atoms with Crippen molar-refractivity contribution in [3.63, 3.8) is 0 Å². The number of ether oxygens (including phenoxy) is 1. The minimum atomic E-state index is -0.166. The molecule has 1 amide bonds. The molecule has 0 atom stereocenters. The number of H-pyrrole nitrogens is 1. The third-order valence-electron chi connectivity index (χ3n) is 5.75. The monoisotopic (exact) mass is 479 g/mol. The molecule has 35 heavy (non-hydrogen) atoms. The van der Waals surface area contributed by atoms with Crippen LogP contribution in [0, 0.1) is 6.92 Å². The van der Waals surface area contributed by atoms with E-state index in [0.717, 1.165) is 43.8 Å². The van der Waals surface area contributed by atoms with E-state index in [0.29, 0.717) is 11.4 Å². The van der Waals surface area contributed by atoms with E-state index in [-0.39, 0.29) is 12.5 Å². The highest BCUT2D eigenvalue weighted by atomic mass is 32.1. The molecule has 0 saturated carbocycles. The Bertz CT molecular complexity index is 1670. The van der Waals surface area contributed by atoms with Crippen molar-refractivity contribution in [2.45, 2.75) is 6.92 Å². The highest BCUT2D eigenvalue weighted by molar-refractivity contribution is 7.07. The smallest absolute Gasteiger partial charge is 0.262 e. The van der Waals surface area contributed by atoms with Crippen molar-refractivity contribution in [1.82, 2.24) is 9.66 Å². The zero-order chi connectivity index (χ0) is 23.8. The predicted molar refractivity (Wildman–Crippen MR) is 140 cm³/mol. The number of nitrogens with zero attached hydrogens (tertiary/aromatic N) is 3. The molecule has 0 unspecified atom stereocenters. The van der Waals surface area contributed by atoms with Crippen LogP contribution in [0.1, 0.15) is 11.1 Å². The number of carbonyl (C=O) groups excluding carboxylic acids is 1. The number of amides is 1. The summed E-state index contributed by atoms with van der Waals surface area (Å²) in [6.45, 7) is 2.07.